The highest BCUT2D eigenvalue weighted by Gasteiger charge is 2.23. The highest BCUT2D eigenvalue weighted by Crippen LogP contribution is 2.34. The molecule has 0 unspecified atom stereocenters. The Labute approximate surface area is 150 Å². The van der Waals surface area contributed by atoms with E-state index in [1.165, 1.54) is 0 Å². The van der Waals surface area contributed by atoms with Gasteiger partial charge in [-0.1, -0.05) is 12.1 Å². The fraction of sp³-hybridized carbons (Fsp3) is 0.263. The number of hydrogen-bond donors (Lipinski definition) is 1. The van der Waals surface area contributed by atoms with Gasteiger partial charge < -0.3 is 15.0 Å². The summed E-state index contributed by atoms with van der Waals surface area (Å²) in [6.07, 6.45) is 1.18. The van der Waals surface area contributed by atoms with Gasteiger partial charge in [-0.15, -0.1) is 11.8 Å². The van der Waals surface area contributed by atoms with E-state index < -0.39 is 0 Å². The maximum absolute atomic E-state index is 12.6. The molecule has 2 aliphatic heterocycles. The van der Waals surface area contributed by atoms with Crippen molar-refractivity contribution in [1.82, 2.24) is 0 Å². The van der Waals surface area contributed by atoms with Crippen LogP contribution in [0, 0.1) is 0 Å². The fourth-order valence-corrected chi connectivity index (χ4v) is 4.10. The second-order valence-electron chi connectivity index (χ2n) is 6.02. The molecule has 1 N–H and O–H groups in total. The normalized spacial score (nSPS) is 15.8. The van der Waals surface area contributed by atoms with Gasteiger partial charge in [0.25, 0.3) is 5.91 Å². The van der Waals surface area contributed by atoms with E-state index in [1.807, 2.05) is 36.4 Å². The van der Waals surface area contributed by atoms with Crippen molar-refractivity contribution in [2.45, 2.75) is 17.7 Å². The van der Waals surface area contributed by atoms with Crippen LogP contribution in [-0.4, -0.2) is 30.7 Å². The number of aryl methyl sites for hydroxylation is 1. The summed E-state index contributed by atoms with van der Waals surface area (Å²) in [4.78, 5) is 26.9. The Bertz CT molecular complexity index is 837. The number of anilines is 2. The van der Waals surface area contributed by atoms with Crippen molar-refractivity contribution in [3.05, 3.63) is 48.0 Å². The monoisotopic (exact) mass is 354 g/mol. The number of hydrogen-bond acceptors (Lipinski definition) is 4. The molecular weight excluding hydrogens is 336 g/mol. The molecule has 5 nitrogen and oxygen atoms in total. The average Bonchev–Trinajstić information content (AvgIpc) is 2.65. The third-order valence-electron chi connectivity index (χ3n) is 4.36. The lowest BCUT2D eigenvalue weighted by molar-refractivity contribution is -0.120. The molecule has 0 saturated carbocycles. The van der Waals surface area contributed by atoms with Crippen LogP contribution >= 0.6 is 11.8 Å². The number of amides is 2. The van der Waals surface area contributed by atoms with E-state index >= 15 is 0 Å². The Morgan fingerprint density at radius 1 is 1.20 bits per heavy atom. The zero-order chi connectivity index (χ0) is 17.2. The van der Waals surface area contributed by atoms with E-state index in [0.29, 0.717) is 25.1 Å². The molecule has 2 heterocycles. The number of benzene rings is 2. The number of nitrogens with zero attached hydrogens (tertiary/aromatic N) is 1. The van der Waals surface area contributed by atoms with Crippen LogP contribution < -0.4 is 15.0 Å². The van der Waals surface area contributed by atoms with Crippen molar-refractivity contribution in [3.63, 3.8) is 0 Å². The number of carbonyl (C=O) groups excluding carboxylic acids is 2. The summed E-state index contributed by atoms with van der Waals surface area (Å²) < 4.78 is 5.72. The van der Waals surface area contributed by atoms with Crippen LogP contribution in [0.3, 0.4) is 0 Å². The maximum Gasteiger partial charge on any atom is 0.264 e. The molecule has 0 saturated heterocycles. The quantitative estimate of drug-likeness (QED) is 0.920. The lowest BCUT2D eigenvalue weighted by Gasteiger charge is -2.29. The first-order valence-electron chi connectivity index (χ1n) is 8.28. The summed E-state index contributed by atoms with van der Waals surface area (Å²) >= 11 is 1.77. The largest absolute Gasteiger partial charge is 0.484 e. The molecule has 0 aromatic heterocycles. The Kier molecular flexibility index (Phi) is 4.36. The number of fused-ring (bicyclic) bond motifs is 2. The van der Waals surface area contributed by atoms with E-state index in [9.17, 15) is 9.59 Å². The number of nitrogens with one attached hydrogen (secondary N) is 1. The van der Waals surface area contributed by atoms with E-state index in [4.69, 9.17) is 4.74 Å². The SMILES string of the molecule is O=C1CCc2cc(OCC(=O)N3CCSc4ccccc43)ccc2N1. The Morgan fingerprint density at radius 2 is 2.08 bits per heavy atom. The van der Waals surface area contributed by atoms with E-state index in [-0.39, 0.29) is 18.4 Å². The summed E-state index contributed by atoms with van der Waals surface area (Å²) in [5.41, 5.74) is 2.83. The van der Waals surface area contributed by atoms with Gasteiger partial charge in [-0.25, -0.2) is 0 Å². The lowest BCUT2D eigenvalue weighted by Crippen LogP contribution is -2.38. The molecule has 0 atom stereocenters. The Balaban J connectivity index is 1.44. The first kappa shape index (κ1) is 16.0. The smallest absolute Gasteiger partial charge is 0.264 e. The third-order valence-corrected chi connectivity index (χ3v) is 5.41. The molecule has 25 heavy (non-hydrogen) atoms. The van der Waals surface area contributed by atoms with Crippen LogP contribution in [0.25, 0.3) is 0 Å². The molecule has 2 aromatic rings. The second kappa shape index (κ2) is 6.80. The van der Waals surface area contributed by atoms with Crippen molar-refractivity contribution in [2.24, 2.45) is 0 Å². The minimum absolute atomic E-state index is 0.00411. The van der Waals surface area contributed by atoms with Crippen LogP contribution in [0.15, 0.2) is 47.4 Å². The Hall–Kier alpha value is -2.47. The molecule has 128 valence electrons. The standard InChI is InChI=1S/C19H18N2O3S/c22-18-8-5-13-11-14(6-7-15(13)20-18)24-12-19(23)21-9-10-25-17-4-2-1-3-16(17)21/h1-4,6-7,11H,5,8-10,12H2,(H,20,22). The van der Waals surface area contributed by atoms with E-state index in [1.54, 1.807) is 22.7 Å². The van der Waals surface area contributed by atoms with Gasteiger partial charge in [-0.05, 0) is 42.3 Å². The van der Waals surface area contributed by atoms with Gasteiger partial charge in [0, 0.05) is 29.3 Å². The highest BCUT2D eigenvalue weighted by molar-refractivity contribution is 7.99. The van der Waals surface area contributed by atoms with Gasteiger partial charge in [0.05, 0.1) is 5.69 Å². The predicted octanol–water partition coefficient (Wildman–Crippen LogP) is 3.09. The van der Waals surface area contributed by atoms with Crippen molar-refractivity contribution in [1.29, 1.82) is 0 Å². The van der Waals surface area contributed by atoms with Crippen LogP contribution in [0.2, 0.25) is 0 Å². The number of thioether (sulfide) groups is 1. The zero-order valence-corrected chi connectivity index (χ0v) is 14.5. The first-order valence-corrected chi connectivity index (χ1v) is 9.27. The highest BCUT2D eigenvalue weighted by atomic mass is 32.2. The third kappa shape index (κ3) is 3.35. The number of carbonyl (C=O) groups is 2. The van der Waals surface area contributed by atoms with Crippen LogP contribution in [0.5, 0.6) is 5.75 Å². The molecule has 2 aliphatic rings. The molecule has 6 heteroatoms. The molecule has 0 aliphatic carbocycles. The predicted molar refractivity (Wildman–Crippen MR) is 98.4 cm³/mol. The van der Waals surface area contributed by atoms with E-state index in [2.05, 4.69) is 5.32 Å². The molecule has 0 spiro atoms. The first-order chi connectivity index (χ1) is 12.2. The van der Waals surface area contributed by atoms with Gasteiger partial charge >= 0.3 is 0 Å². The van der Waals surface area contributed by atoms with Crippen molar-refractivity contribution >= 4 is 35.0 Å². The molecule has 0 fully saturated rings. The fourth-order valence-electron chi connectivity index (χ4n) is 3.10. The van der Waals surface area contributed by atoms with Crippen LogP contribution in [0.1, 0.15) is 12.0 Å². The summed E-state index contributed by atoms with van der Waals surface area (Å²) in [7, 11) is 0. The van der Waals surface area contributed by atoms with Crippen molar-refractivity contribution < 1.29 is 14.3 Å². The number of rotatable bonds is 3. The summed E-state index contributed by atoms with van der Waals surface area (Å²) in [5, 5.41) is 2.84. The molecule has 0 bridgehead atoms. The average molecular weight is 354 g/mol. The summed E-state index contributed by atoms with van der Waals surface area (Å²) in [6.45, 7) is 0.699. The molecular formula is C19H18N2O3S. The van der Waals surface area contributed by atoms with Gasteiger partial charge in [0.2, 0.25) is 5.91 Å². The maximum atomic E-state index is 12.6. The van der Waals surface area contributed by atoms with Gasteiger partial charge in [0.15, 0.2) is 6.61 Å². The number of ether oxygens (including phenoxy) is 1. The Morgan fingerprint density at radius 3 is 3.00 bits per heavy atom. The van der Waals surface area contributed by atoms with Gasteiger partial charge in [-0.3, -0.25) is 9.59 Å². The zero-order valence-electron chi connectivity index (χ0n) is 13.7. The van der Waals surface area contributed by atoms with Crippen LogP contribution in [-0.2, 0) is 16.0 Å². The topological polar surface area (TPSA) is 58.6 Å². The van der Waals surface area contributed by atoms with Gasteiger partial charge in [0.1, 0.15) is 5.75 Å². The minimum Gasteiger partial charge on any atom is -0.484 e. The van der Waals surface area contributed by atoms with Crippen molar-refractivity contribution in [3.8, 4) is 5.75 Å². The molecule has 2 amide bonds. The summed E-state index contributed by atoms with van der Waals surface area (Å²) in [6, 6.07) is 13.5. The minimum atomic E-state index is -0.0428. The molecule has 4 rings (SSSR count). The van der Waals surface area contributed by atoms with E-state index in [0.717, 1.165) is 27.6 Å². The molecule has 2 aromatic carbocycles. The van der Waals surface area contributed by atoms with Crippen molar-refractivity contribution in [2.75, 3.05) is 29.1 Å². The second-order valence-corrected chi connectivity index (χ2v) is 7.15. The lowest BCUT2D eigenvalue weighted by atomic mass is 10.0. The summed E-state index contributed by atoms with van der Waals surface area (Å²) in [5.74, 6) is 1.54. The molecule has 0 radical (unpaired) electrons. The van der Waals surface area contributed by atoms with Gasteiger partial charge in [-0.2, -0.15) is 0 Å². The van der Waals surface area contributed by atoms with Crippen LogP contribution in [0.4, 0.5) is 11.4 Å². The number of para-hydroxylation sites is 1.